The molecule has 0 fully saturated rings. The molecule has 0 saturated heterocycles. The summed E-state index contributed by atoms with van der Waals surface area (Å²) < 4.78 is 5.04. The molecule has 0 aliphatic heterocycles. The number of aliphatic hydroxyl groups excluding tert-OH is 1. The third kappa shape index (κ3) is 3.82. The van der Waals surface area contributed by atoms with E-state index in [1.54, 1.807) is 14.0 Å². The van der Waals surface area contributed by atoms with Crippen LogP contribution >= 0.6 is 11.6 Å². The minimum atomic E-state index is -0.993. The Hall–Kier alpha value is -0.320. The number of aliphatic hydroxyl groups is 1. The molecule has 1 amide bonds. The SMILES string of the molecule is CCOC(O)[C@H](C(C)C)N(C)C(=O)Cl. The second-order valence-electron chi connectivity index (χ2n) is 3.44. The van der Waals surface area contributed by atoms with Crippen LogP contribution in [0.5, 0.6) is 0 Å². The van der Waals surface area contributed by atoms with E-state index in [0.717, 1.165) is 0 Å². The van der Waals surface area contributed by atoms with Gasteiger partial charge in [0.05, 0.1) is 6.04 Å². The van der Waals surface area contributed by atoms with Gasteiger partial charge in [0.15, 0.2) is 6.29 Å². The molecule has 0 aromatic heterocycles. The monoisotopic (exact) mass is 223 g/mol. The van der Waals surface area contributed by atoms with Crippen LogP contribution < -0.4 is 0 Å². The molecule has 0 rings (SSSR count). The molecular formula is C9H18ClNO3. The third-order valence-corrected chi connectivity index (χ3v) is 2.30. The number of hydrogen-bond donors (Lipinski definition) is 1. The van der Waals surface area contributed by atoms with E-state index in [2.05, 4.69) is 0 Å². The van der Waals surface area contributed by atoms with Crippen molar-refractivity contribution in [2.75, 3.05) is 13.7 Å². The van der Waals surface area contributed by atoms with Gasteiger partial charge in [0, 0.05) is 13.7 Å². The lowest BCUT2D eigenvalue weighted by Crippen LogP contribution is -2.47. The number of carbonyl (C=O) groups is 1. The Morgan fingerprint density at radius 1 is 1.57 bits per heavy atom. The van der Waals surface area contributed by atoms with Gasteiger partial charge >= 0.3 is 5.37 Å². The quantitative estimate of drug-likeness (QED) is 0.438. The number of hydrogen-bond acceptors (Lipinski definition) is 3. The van der Waals surface area contributed by atoms with E-state index in [1.807, 2.05) is 13.8 Å². The molecule has 4 nitrogen and oxygen atoms in total. The molecule has 2 atom stereocenters. The van der Waals surface area contributed by atoms with Crippen molar-refractivity contribution in [2.24, 2.45) is 5.92 Å². The van der Waals surface area contributed by atoms with Gasteiger partial charge in [-0.3, -0.25) is 4.79 Å². The van der Waals surface area contributed by atoms with Crippen LogP contribution in [0.25, 0.3) is 0 Å². The summed E-state index contributed by atoms with van der Waals surface area (Å²) in [6, 6.07) is -0.417. The van der Waals surface area contributed by atoms with Gasteiger partial charge in [0.1, 0.15) is 0 Å². The molecule has 0 aliphatic carbocycles. The van der Waals surface area contributed by atoms with Gasteiger partial charge in [-0.25, -0.2) is 0 Å². The van der Waals surface area contributed by atoms with Crippen LogP contribution in [-0.4, -0.2) is 41.4 Å². The van der Waals surface area contributed by atoms with Crippen LogP contribution in [0.1, 0.15) is 20.8 Å². The normalized spacial score (nSPS) is 15.4. The average molecular weight is 224 g/mol. The number of likely N-dealkylation sites (N-methyl/N-ethyl adjacent to an activating group) is 1. The van der Waals surface area contributed by atoms with Crippen molar-refractivity contribution in [3.8, 4) is 0 Å². The maximum absolute atomic E-state index is 10.9. The molecule has 0 radical (unpaired) electrons. The van der Waals surface area contributed by atoms with Crippen molar-refractivity contribution in [1.29, 1.82) is 0 Å². The summed E-state index contributed by atoms with van der Waals surface area (Å²) in [4.78, 5) is 12.2. The van der Waals surface area contributed by atoms with Crippen LogP contribution in [-0.2, 0) is 4.74 Å². The smallest absolute Gasteiger partial charge is 0.316 e. The summed E-state index contributed by atoms with van der Waals surface area (Å²) in [5.74, 6) is 0.0734. The zero-order valence-electron chi connectivity index (χ0n) is 9.03. The van der Waals surface area contributed by atoms with Crippen molar-refractivity contribution in [3.63, 3.8) is 0 Å². The Labute approximate surface area is 89.8 Å². The topological polar surface area (TPSA) is 49.8 Å². The van der Waals surface area contributed by atoms with E-state index in [4.69, 9.17) is 16.3 Å². The maximum Gasteiger partial charge on any atom is 0.316 e. The first-order chi connectivity index (χ1) is 6.41. The lowest BCUT2D eigenvalue weighted by Gasteiger charge is -2.32. The molecule has 1 unspecified atom stereocenters. The predicted octanol–water partition coefficient (Wildman–Crippen LogP) is 1.66. The number of nitrogens with zero attached hydrogens (tertiary/aromatic N) is 1. The van der Waals surface area contributed by atoms with Gasteiger partial charge in [-0.05, 0) is 24.4 Å². The molecule has 14 heavy (non-hydrogen) atoms. The minimum absolute atomic E-state index is 0.0734. The molecule has 0 aromatic rings. The largest absolute Gasteiger partial charge is 0.366 e. The van der Waals surface area contributed by atoms with Crippen LogP contribution in [0.3, 0.4) is 0 Å². The van der Waals surface area contributed by atoms with Crippen molar-refractivity contribution < 1.29 is 14.6 Å². The molecule has 84 valence electrons. The summed E-state index contributed by atoms with van der Waals surface area (Å²) in [6.07, 6.45) is -0.993. The van der Waals surface area contributed by atoms with E-state index in [9.17, 15) is 9.90 Å². The fraction of sp³-hybridized carbons (Fsp3) is 0.889. The number of carbonyl (C=O) groups excluding carboxylic acids is 1. The van der Waals surface area contributed by atoms with Crippen LogP contribution in [0.2, 0.25) is 0 Å². The molecule has 0 spiro atoms. The van der Waals surface area contributed by atoms with Gasteiger partial charge < -0.3 is 14.7 Å². The van der Waals surface area contributed by atoms with Crippen molar-refractivity contribution >= 4 is 17.0 Å². The summed E-state index contributed by atoms with van der Waals surface area (Å²) in [7, 11) is 1.54. The maximum atomic E-state index is 10.9. The van der Waals surface area contributed by atoms with Crippen molar-refractivity contribution in [3.05, 3.63) is 0 Å². The Balaban J connectivity index is 4.50. The highest BCUT2D eigenvalue weighted by Crippen LogP contribution is 2.16. The highest BCUT2D eigenvalue weighted by molar-refractivity contribution is 6.62. The van der Waals surface area contributed by atoms with E-state index in [-0.39, 0.29) is 5.92 Å². The summed E-state index contributed by atoms with van der Waals surface area (Å²) >= 11 is 5.33. The second kappa shape index (κ2) is 6.22. The molecule has 1 N–H and O–H groups in total. The zero-order valence-corrected chi connectivity index (χ0v) is 9.78. The van der Waals surface area contributed by atoms with Crippen LogP contribution in [0.15, 0.2) is 0 Å². The van der Waals surface area contributed by atoms with Gasteiger partial charge in [-0.2, -0.15) is 0 Å². The molecular weight excluding hydrogens is 206 g/mol. The Bertz CT molecular complexity index is 187. The number of halogens is 1. The highest BCUT2D eigenvalue weighted by Gasteiger charge is 2.29. The zero-order chi connectivity index (χ0) is 11.3. The first-order valence-corrected chi connectivity index (χ1v) is 5.01. The highest BCUT2D eigenvalue weighted by atomic mass is 35.5. The lowest BCUT2D eigenvalue weighted by atomic mass is 10.0. The Kier molecular flexibility index (Phi) is 6.08. The van der Waals surface area contributed by atoms with Crippen LogP contribution in [0.4, 0.5) is 4.79 Å². The molecule has 0 heterocycles. The van der Waals surface area contributed by atoms with Gasteiger partial charge in [0.2, 0.25) is 0 Å². The Morgan fingerprint density at radius 2 is 2.07 bits per heavy atom. The summed E-state index contributed by atoms with van der Waals surface area (Å²) in [6.45, 7) is 5.96. The standard InChI is InChI=1S/C9H18ClNO3/c1-5-14-8(12)7(6(2)3)11(4)9(10)13/h6-8,12H,5H2,1-4H3/t7-,8?/m0/s1. The van der Waals surface area contributed by atoms with E-state index < -0.39 is 17.7 Å². The molecule has 5 heteroatoms. The van der Waals surface area contributed by atoms with E-state index in [1.165, 1.54) is 4.90 Å². The first-order valence-electron chi connectivity index (χ1n) is 4.63. The minimum Gasteiger partial charge on any atom is -0.366 e. The fourth-order valence-corrected chi connectivity index (χ4v) is 1.47. The summed E-state index contributed by atoms with van der Waals surface area (Å²) in [5, 5.41) is 9.03. The van der Waals surface area contributed by atoms with Gasteiger partial charge in [0.25, 0.3) is 0 Å². The van der Waals surface area contributed by atoms with Gasteiger partial charge in [-0.1, -0.05) is 13.8 Å². The first kappa shape index (κ1) is 13.7. The van der Waals surface area contributed by atoms with Crippen LogP contribution in [0, 0.1) is 5.92 Å². The van der Waals surface area contributed by atoms with Crippen molar-refractivity contribution in [1.82, 2.24) is 4.90 Å². The summed E-state index contributed by atoms with van der Waals surface area (Å²) in [5.41, 5.74) is 0. The van der Waals surface area contributed by atoms with Gasteiger partial charge in [-0.15, -0.1) is 0 Å². The molecule has 0 bridgehead atoms. The number of amides is 1. The number of rotatable bonds is 5. The molecule has 0 saturated carbocycles. The Morgan fingerprint density at radius 3 is 2.36 bits per heavy atom. The van der Waals surface area contributed by atoms with E-state index in [0.29, 0.717) is 6.61 Å². The molecule has 0 aromatic carbocycles. The lowest BCUT2D eigenvalue weighted by molar-refractivity contribution is -0.139. The van der Waals surface area contributed by atoms with E-state index >= 15 is 0 Å². The molecule has 0 aliphatic rings. The average Bonchev–Trinajstić information content (AvgIpc) is 2.03. The fourth-order valence-electron chi connectivity index (χ4n) is 1.35. The third-order valence-electron chi connectivity index (χ3n) is 2.04. The van der Waals surface area contributed by atoms with Crippen molar-refractivity contribution in [2.45, 2.75) is 33.1 Å². The number of ether oxygens (including phenoxy) is 1. The second-order valence-corrected chi connectivity index (χ2v) is 3.77. The predicted molar refractivity (Wildman–Crippen MR) is 55.3 cm³/mol.